The van der Waals surface area contributed by atoms with Crippen molar-refractivity contribution in [3.05, 3.63) is 23.2 Å². The molecule has 2 unspecified atom stereocenters. The Morgan fingerprint density at radius 3 is 2.74 bits per heavy atom. The monoisotopic (exact) mass is 270 g/mol. The molecule has 0 saturated carbocycles. The van der Waals surface area contributed by atoms with Gasteiger partial charge in [-0.05, 0) is 26.8 Å². The number of aliphatic hydroxyl groups is 1. The Balaban J connectivity index is 2.42. The number of methoxy groups -OCH3 is 1. The first-order valence-electron chi connectivity index (χ1n) is 6.22. The molecule has 6 heteroatoms. The summed E-state index contributed by atoms with van der Waals surface area (Å²) in [6, 6.07) is 1.41. The van der Waals surface area contributed by atoms with Crippen LogP contribution in [0.25, 0.3) is 0 Å². The van der Waals surface area contributed by atoms with Crippen molar-refractivity contribution in [2.45, 2.75) is 32.9 Å². The van der Waals surface area contributed by atoms with E-state index in [0.29, 0.717) is 0 Å². The topological polar surface area (TPSA) is 83.7 Å². The minimum absolute atomic E-state index is 0.149. The predicted octanol–water partition coefficient (Wildman–Crippen LogP) is 1.26. The van der Waals surface area contributed by atoms with Crippen molar-refractivity contribution in [3.63, 3.8) is 0 Å². The molecule has 1 aromatic rings. The fraction of sp³-hybridized carbons (Fsp3) is 0.615. The lowest BCUT2D eigenvalue weighted by molar-refractivity contribution is 0.0659. The van der Waals surface area contributed by atoms with Gasteiger partial charge in [-0.15, -0.1) is 0 Å². The van der Waals surface area contributed by atoms with Gasteiger partial charge in [0, 0.05) is 19.2 Å². The quantitative estimate of drug-likeness (QED) is 0.726. The highest BCUT2D eigenvalue weighted by molar-refractivity contribution is 5.74. The van der Waals surface area contributed by atoms with E-state index in [1.807, 2.05) is 26.8 Å². The summed E-state index contributed by atoms with van der Waals surface area (Å²) in [5.41, 5.74) is 0.949. The summed E-state index contributed by atoms with van der Waals surface area (Å²) < 4.78 is 10.2. The number of urea groups is 1. The minimum atomic E-state index is -0.705. The molecule has 0 aliphatic carbocycles. The highest BCUT2D eigenvalue weighted by Crippen LogP contribution is 2.20. The first-order chi connectivity index (χ1) is 8.93. The van der Waals surface area contributed by atoms with E-state index < -0.39 is 6.10 Å². The highest BCUT2D eigenvalue weighted by Gasteiger charge is 2.15. The molecule has 2 atom stereocenters. The van der Waals surface area contributed by atoms with Crippen molar-refractivity contribution in [2.75, 3.05) is 20.3 Å². The van der Waals surface area contributed by atoms with Crippen LogP contribution in [0.2, 0.25) is 0 Å². The zero-order valence-electron chi connectivity index (χ0n) is 11.8. The number of ether oxygens (including phenoxy) is 1. The van der Waals surface area contributed by atoms with Crippen LogP contribution in [0.5, 0.6) is 0 Å². The maximum absolute atomic E-state index is 11.6. The number of carbonyl (C=O) groups excluding carboxylic acids is 1. The van der Waals surface area contributed by atoms with E-state index in [4.69, 9.17) is 9.15 Å². The standard InChI is InChI=1S/C13H22N2O4/c1-8-5-12(10(3)19-8)9(2)15-13(17)14-6-11(16)7-18-4/h5,9,11,16H,6-7H2,1-4H3,(H2,14,15,17). The molecule has 0 spiro atoms. The second-order valence-corrected chi connectivity index (χ2v) is 4.55. The molecule has 108 valence electrons. The molecule has 1 aromatic heterocycles. The van der Waals surface area contributed by atoms with Gasteiger partial charge in [0.15, 0.2) is 0 Å². The van der Waals surface area contributed by atoms with Crippen LogP contribution < -0.4 is 10.6 Å². The zero-order valence-corrected chi connectivity index (χ0v) is 11.8. The van der Waals surface area contributed by atoms with Gasteiger partial charge in [0.1, 0.15) is 11.5 Å². The molecular weight excluding hydrogens is 248 g/mol. The summed E-state index contributed by atoms with van der Waals surface area (Å²) >= 11 is 0. The molecule has 1 heterocycles. The maximum atomic E-state index is 11.6. The summed E-state index contributed by atoms with van der Waals surface area (Å²) in [6.07, 6.45) is -0.705. The van der Waals surface area contributed by atoms with Gasteiger partial charge in [0.2, 0.25) is 0 Å². The predicted molar refractivity (Wildman–Crippen MR) is 71.0 cm³/mol. The van der Waals surface area contributed by atoms with Crippen LogP contribution in [0.3, 0.4) is 0 Å². The summed E-state index contributed by atoms with van der Waals surface area (Å²) in [5, 5.41) is 14.8. The number of rotatable bonds is 6. The SMILES string of the molecule is COCC(O)CNC(=O)NC(C)c1cc(C)oc1C. The lowest BCUT2D eigenvalue weighted by Crippen LogP contribution is -2.41. The number of nitrogens with one attached hydrogen (secondary N) is 2. The van der Waals surface area contributed by atoms with E-state index >= 15 is 0 Å². The molecule has 0 bridgehead atoms. The number of aliphatic hydroxyl groups excluding tert-OH is 1. The van der Waals surface area contributed by atoms with Gasteiger partial charge in [-0.25, -0.2) is 4.79 Å². The number of carbonyl (C=O) groups is 1. The van der Waals surface area contributed by atoms with E-state index in [-0.39, 0.29) is 25.2 Å². The van der Waals surface area contributed by atoms with Gasteiger partial charge in [0.05, 0.1) is 18.8 Å². The summed E-state index contributed by atoms with van der Waals surface area (Å²) in [7, 11) is 1.50. The third-order valence-electron chi connectivity index (χ3n) is 2.75. The lowest BCUT2D eigenvalue weighted by Gasteiger charge is -2.15. The number of furan rings is 1. The number of hydrogen-bond donors (Lipinski definition) is 3. The molecule has 1 rings (SSSR count). The Bertz CT molecular complexity index is 417. The van der Waals surface area contributed by atoms with E-state index in [0.717, 1.165) is 17.1 Å². The van der Waals surface area contributed by atoms with Crippen molar-refractivity contribution < 1.29 is 19.1 Å². The van der Waals surface area contributed by atoms with Crippen molar-refractivity contribution in [1.29, 1.82) is 0 Å². The Kier molecular flexibility index (Phi) is 5.85. The van der Waals surface area contributed by atoms with Gasteiger partial charge in [-0.3, -0.25) is 0 Å². The van der Waals surface area contributed by atoms with E-state index in [2.05, 4.69) is 10.6 Å². The molecule has 0 radical (unpaired) electrons. The van der Waals surface area contributed by atoms with Crippen molar-refractivity contribution >= 4 is 6.03 Å². The Labute approximate surface area is 113 Å². The van der Waals surface area contributed by atoms with Crippen LogP contribution in [0.1, 0.15) is 30.0 Å². The van der Waals surface area contributed by atoms with Gasteiger partial charge in [-0.1, -0.05) is 0 Å². The van der Waals surface area contributed by atoms with Gasteiger partial charge < -0.3 is 24.9 Å². The molecule has 2 amide bonds. The molecular formula is C13H22N2O4. The van der Waals surface area contributed by atoms with Crippen LogP contribution in [-0.4, -0.2) is 37.5 Å². The number of hydrogen-bond acceptors (Lipinski definition) is 4. The molecule has 0 aliphatic rings. The molecule has 0 aliphatic heterocycles. The first-order valence-corrected chi connectivity index (χ1v) is 6.22. The Morgan fingerprint density at radius 1 is 1.53 bits per heavy atom. The van der Waals surface area contributed by atoms with Crippen molar-refractivity contribution in [2.24, 2.45) is 0 Å². The highest BCUT2D eigenvalue weighted by atomic mass is 16.5. The molecule has 0 saturated heterocycles. The fourth-order valence-corrected chi connectivity index (χ4v) is 1.87. The molecule has 6 nitrogen and oxygen atoms in total. The van der Waals surface area contributed by atoms with Gasteiger partial charge in [-0.2, -0.15) is 0 Å². The normalized spacial score (nSPS) is 13.9. The zero-order chi connectivity index (χ0) is 14.4. The lowest BCUT2D eigenvalue weighted by atomic mass is 10.1. The van der Waals surface area contributed by atoms with Crippen LogP contribution in [0.15, 0.2) is 10.5 Å². The molecule has 0 aromatic carbocycles. The number of aryl methyl sites for hydroxylation is 2. The van der Waals surface area contributed by atoms with E-state index in [9.17, 15) is 9.90 Å². The Hall–Kier alpha value is -1.53. The molecule has 19 heavy (non-hydrogen) atoms. The Morgan fingerprint density at radius 2 is 2.21 bits per heavy atom. The second kappa shape index (κ2) is 7.16. The smallest absolute Gasteiger partial charge is 0.315 e. The third-order valence-corrected chi connectivity index (χ3v) is 2.75. The van der Waals surface area contributed by atoms with E-state index in [1.165, 1.54) is 7.11 Å². The van der Waals surface area contributed by atoms with E-state index in [1.54, 1.807) is 0 Å². The van der Waals surface area contributed by atoms with Crippen LogP contribution in [0.4, 0.5) is 4.79 Å². The van der Waals surface area contributed by atoms with Gasteiger partial charge >= 0.3 is 6.03 Å². The van der Waals surface area contributed by atoms with Gasteiger partial charge in [0.25, 0.3) is 0 Å². The first kappa shape index (κ1) is 15.5. The van der Waals surface area contributed by atoms with Crippen molar-refractivity contribution in [3.8, 4) is 0 Å². The molecule has 0 fully saturated rings. The summed E-state index contributed by atoms with van der Waals surface area (Å²) in [4.78, 5) is 11.6. The number of amides is 2. The fourth-order valence-electron chi connectivity index (χ4n) is 1.87. The summed E-state index contributed by atoms with van der Waals surface area (Å²) in [6.45, 7) is 5.94. The average Bonchev–Trinajstić information content (AvgIpc) is 2.66. The second-order valence-electron chi connectivity index (χ2n) is 4.55. The van der Waals surface area contributed by atoms with Crippen LogP contribution in [-0.2, 0) is 4.74 Å². The summed E-state index contributed by atoms with van der Waals surface area (Å²) in [5.74, 6) is 1.61. The third kappa shape index (κ3) is 4.92. The molecule has 3 N–H and O–H groups in total. The maximum Gasteiger partial charge on any atom is 0.315 e. The minimum Gasteiger partial charge on any atom is -0.466 e. The van der Waals surface area contributed by atoms with Crippen LogP contribution >= 0.6 is 0 Å². The largest absolute Gasteiger partial charge is 0.466 e. The van der Waals surface area contributed by atoms with Crippen LogP contribution in [0, 0.1) is 13.8 Å². The average molecular weight is 270 g/mol. The van der Waals surface area contributed by atoms with Crippen molar-refractivity contribution in [1.82, 2.24) is 10.6 Å².